The highest BCUT2D eigenvalue weighted by Crippen LogP contribution is 2.10. The maximum Gasteiger partial charge on any atom is 0.320 e. The van der Waals surface area contributed by atoms with Crippen molar-refractivity contribution in [2.24, 2.45) is 11.7 Å². The first-order chi connectivity index (χ1) is 7.17. The van der Waals surface area contributed by atoms with Crippen LogP contribution in [0.5, 0.6) is 0 Å². The topological polar surface area (TPSA) is 78.6 Å². The summed E-state index contributed by atoms with van der Waals surface area (Å²) in [6, 6.07) is 0. The Bertz CT molecular complexity index is 193. The van der Waals surface area contributed by atoms with Crippen LogP contribution < -0.4 is 5.73 Å². The fraction of sp³-hybridized carbons (Fsp3) is 0.800. The van der Waals surface area contributed by atoms with E-state index in [4.69, 9.17) is 15.2 Å². The molecule has 0 aromatic rings. The number of carbonyl (C=O) groups is 2. The van der Waals surface area contributed by atoms with Gasteiger partial charge in [0, 0.05) is 0 Å². The number of hydrogen-bond donors (Lipinski definition) is 1. The summed E-state index contributed by atoms with van der Waals surface area (Å²) in [5, 5.41) is 0. The third-order valence-corrected chi connectivity index (χ3v) is 1.84. The van der Waals surface area contributed by atoms with Gasteiger partial charge in [-0.15, -0.1) is 12.4 Å². The molecular formula is C10H20ClNO4. The fourth-order valence-electron chi connectivity index (χ4n) is 1.14. The number of halogens is 1. The Morgan fingerprint density at radius 1 is 1.12 bits per heavy atom. The third kappa shape index (κ3) is 6.63. The summed E-state index contributed by atoms with van der Waals surface area (Å²) >= 11 is 0. The Morgan fingerprint density at radius 3 is 1.88 bits per heavy atom. The van der Waals surface area contributed by atoms with Gasteiger partial charge >= 0.3 is 11.9 Å². The zero-order chi connectivity index (χ0) is 11.7. The lowest BCUT2D eigenvalue weighted by atomic mass is 10.0. The van der Waals surface area contributed by atoms with E-state index in [1.54, 1.807) is 13.8 Å². The van der Waals surface area contributed by atoms with Gasteiger partial charge in [-0.25, -0.2) is 0 Å². The highest BCUT2D eigenvalue weighted by Gasteiger charge is 2.28. The molecule has 0 aliphatic carbocycles. The molecule has 0 atom stereocenters. The molecule has 0 saturated carbocycles. The van der Waals surface area contributed by atoms with E-state index in [2.05, 4.69) is 0 Å². The van der Waals surface area contributed by atoms with Crippen molar-refractivity contribution in [2.45, 2.75) is 26.7 Å². The molecule has 0 spiro atoms. The normalized spacial score (nSPS) is 9.50. The molecule has 0 saturated heterocycles. The Kier molecular flexibility index (Phi) is 11.8. The van der Waals surface area contributed by atoms with Crippen LogP contribution in [0.4, 0.5) is 0 Å². The van der Waals surface area contributed by atoms with Crippen molar-refractivity contribution >= 4 is 24.3 Å². The molecule has 0 unspecified atom stereocenters. The standard InChI is InChI=1S/C10H19NO4.ClH/c1-3-14-9(12)8(6-5-7-11)10(13)15-4-2;/h8H,3-7,11H2,1-2H3;1H. The van der Waals surface area contributed by atoms with Crippen LogP contribution in [0, 0.1) is 5.92 Å². The second-order valence-corrected chi connectivity index (χ2v) is 2.99. The van der Waals surface area contributed by atoms with Gasteiger partial charge in [-0.3, -0.25) is 9.59 Å². The number of ether oxygens (including phenoxy) is 2. The van der Waals surface area contributed by atoms with Gasteiger partial charge in [-0.05, 0) is 33.2 Å². The van der Waals surface area contributed by atoms with Crippen molar-refractivity contribution in [3.8, 4) is 0 Å². The lowest BCUT2D eigenvalue weighted by Crippen LogP contribution is -2.28. The molecular weight excluding hydrogens is 234 g/mol. The third-order valence-electron chi connectivity index (χ3n) is 1.84. The minimum atomic E-state index is -0.826. The predicted octanol–water partition coefficient (Wildman–Crippen LogP) is 0.890. The maximum absolute atomic E-state index is 11.4. The Hall–Kier alpha value is -0.810. The van der Waals surface area contributed by atoms with E-state index >= 15 is 0 Å². The number of carbonyl (C=O) groups excluding carboxylic acids is 2. The molecule has 0 aromatic carbocycles. The summed E-state index contributed by atoms with van der Waals surface area (Å²) in [6.45, 7) is 4.36. The molecule has 0 aliphatic heterocycles. The van der Waals surface area contributed by atoms with Crippen molar-refractivity contribution in [2.75, 3.05) is 19.8 Å². The molecule has 0 radical (unpaired) electrons. The summed E-state index contributed by atoms with van der Waals surface area (Å²) in [5.41, 5.74) is 5.32. The molecule has 0 aliphatic rings. The first-order valence-corrected chi connectivity index (χ1v) is 5.20. The number of hydrogen-bond acceptors (Lipinski definition) is 5. The van der Waals surface area contributed by atoms with Crippen LogP contribution in [0.25, 0.3) is 0 Å². The summed E-state index contributed by atoms with van der Waals surface area (Å²) in [6.07, 6.45) is 0.983. The summed E-state index contributed by atoms with van der Waals surface area (Å²) < 4.78 is 9.58. The van der Waals surface area contributed by atoms with Crippen molar-refractivity contribution in [1.29, 1.82) is 0 Å². The molecule has 96 valence electrons. The van der Waals surface area contributed by atoms with Crippen LogP contribution in [0.3, 0.4) is 0 Å². The maximum atomic E-state index is 11.4. The summed E-state index contributed by atoms with van der Waals surface area (Å²) in [5.74, 6) is -1.87. The summed E-state index contributed by atoms with van der Waals surface area (Å²) in [7, 11) is 0. The molecule has 0 bridgehead atoms. The van der Waals surface area contributed by atoms with Gasteiger partial charge in [0.05, 0.1) is 13.2 Å². The van der Waals surface area contributed by atoms with Crippen LogP contribution in [-0.2, 0) is 19.1 Å². The first-order valence-electron chi connectivity index (χ1n) is 5.20. The second-order valence-electron chi connectivity index (χ2n) is 2.99. The van der Waals surface area contributed by atoms with Gasteiger partial charge in [-0.2, -0.15) is 0 Å². The molecule has 16 heavy (non-hydrogen) atoms. The van der Waals surface area contributed by atoms with Crippen LogP contribution in [0.2, 0.25) is 0 Å². The number of rotatable bonds is 7. The van der Waals surface area contributed by atoms with Gasteiger partial charge in [0.1, 0.15) is 0 Å². The molecule has 0 aromatic heterocycles. The van der Waals surface area contributed by atoms with E-state index in [0.717, 1.165) is 0 Å². The van der Waals surface area contributed by atoms with Crippen molar-refractivity contribution in [3.05, 3.63) is 0 Å². The van der Waals surface area contributed by atoms with Gasteiger partial charge in [0.25, 0.3) is 0 Å². The van der Waals surface area contributed by atoms with Crippen LogP contribution >= 0.6 is 12.4 Å². The van der Waals surface area contributed by atoms with Crippen LogP contribution in [-0.4, -0.2) is 31.7 Å². The lowest BCUT2D eigenvalue weighted by Gasteiger charge is -2.13. The Labute approximate surface area is 102 Å². The minimum absolute atomic E-state index is 0. The minimum Gasteiger partial charge on any atom is -0.465 e. The number of nitrogens with two attached hydrogens (primary N) is 1. The molecule has 2 N–H and O–H groups in total. The van der Waals surface area contributed by atoms with Gasteiger partial charge in [0.15, 0.2) is 5.92 Å². The molecule has 0 rings (SSSR count). The number of esters is 2. The molecule has 6 heteroatoms. The fourth-order valence-corrected chi connectivity index (χ4v) is 1.14. The monoisotopic (exact) mass is 253 g/mol. The van der Waals surface area contributed by atoms with Gasteiger partial charge < -0.3 is 15.2 Å². The van der Waals surface area contributed by atoms with Crippen molar-refractivity contribution < 1.29 is 19.1 Å². The smallest absolute Gasteiger partial charge is 0.320 e. The SMILES string of the molecule is CCOC(=O)C(CCCN)C(=O)OCC.Cl. The molecule has 0 amide bonds. The van der Waals surface area contributed by atoms with E-state index < -0.39 is 17.9 Å². The average molecular weight is 254 g/mol. The van der Waals surface area contributed by atoms with E-state index in [0.29, 0.717) is 19.4 Å². The van der Waals surface area contributed by atoms with Gasteiger partial charge in [-0.1, -0.05) is 0 Å². The first kappa shape index (κ1) is 17.6. The van der Waals surface area contributed by atoms with E-state index in [-0.39, 0.29) is 25.6 Å². The van der Waals surface area contributed by atoms with Crippen molar-refractivity contribution in [3.63, 3.8) is 0 Å². The largest absolute Gasteiger partial charge is 0.465 e. The van der Waals surface area contributed by atoms with E-state index in [9.17, 15) is 9.59 Å². The lowest BCUT2D eigenvalue weighted by molar-refractivity contribution is -0.161. The average Bonchev–Trinajstić information content (AvgIpc) is 2.19. The van der Waals surface area contributed by atoms with E-state index in [1.807, 2.05) is 0 Å². The molecule has 5 nitrogen and oxygen atoms in total. The van der Waals surface area contributed by atoms with Crippen molar-refractivity contribution in [1.82, 2.24) is 0 Å². The molecule has 0 fully saturated rings. The van der Waals surface area contributed by atoms with Crippen LogP contribution in [0.15, 0.2) is 0 Å². The zero-order valence-electron chi connectivity index (χ0n) is 9.73. The Balaban J connectivity index is 0. The van der Waals surface area contributed by atoms with E-state index in [1.165, 1.54) is 0 Å². The molecule has 0 heterocycles. The highest BCUT2D eigenvalue weighted by atomic mass is 35.5. The zero-order valence-corrected chi connectivity index (χ0v) is 10.5. The van der Waals surface area contributed by atoms with Gasteiger partial charge in [0.2, 0.25) is 0 Å². The predicted molar refractivity (Wildman–Crippen MR) is 62.3 cm³/mol. The van der Waals surface area contributed by atoms with Crippen LogP contribution in [0.1, 0.15) is 26.7 Å². The summed E-state index contributed by atoms with van der Waals surface area (Å²) in [4.78, 5) is 22.8. The Morgan fingerprint density at radius 2 is 1.56 bits per heavy atom. The second kappa shape index (κ2) is 10.7. The quantitative estimate of drug-likeness (QED) is 0.539. The highest BCUT2D eigenvalue weighted by molar-refractivity contribution is 5.94.